The van der Waals surface area contributed by atoms with Crippen molar-refractivity contribution in [2.45, 2.75) is 26.4 Å². The zero-order valence-electron chi connectivity index (χ0n) is 13.8. The third-order valence-corrected chi connectivity index (χ3v) is 3.86. The van der Waals surface area contributed by atoms with Crippen molar-refractivity contribution in [1.82, 2.24) is 10.2 Å². The SMILES string of the molecule is CCN(CC)C(=O)c1cccc(NC(=O)CC2CNCCO2)c1. The minimum atomic E-state index is -0.105. The number of nitrogens with one attached hydrogen (secondary N) is 2. The Morgan fingerprint density at radius 1 is 1.35 bits per heavy atom. The van der Waals surface area contributed by atoms with Gasteiger partial charge in [-0.25, -0.2) is 0 Å². The number of amides is 2. The smallest absolute Gasteiger partial charge is 0.253 e. The Morgan fingerprint density at radius 2 is 2.13 bits per heavy atom. The molecule has 1 heterocycles. The molecule has 0 aliphatic carbocycles. The molecule has 1 fully saturated rings. The summed E-state index contributed by atoms with van der Waals surface area (Å²) in [5, 5.41) is 6.04. The second kappa shape index (κ2) is 8.64. The summed E-state index contributed by atoms with van der Waals surface area (Å²) in [7, 11) is 0. The van der Waals surface area contributed by atoms with Gasteiger partial charge in [0.1, 0.15) is 0 Å². The van der Waals surface area contributed by atoms with Gasteiger partial charge in [0.25, 0.3) is 5.91 Å². The molecule has 1 atom stereocenters. The van der Waals surface area contributed by atoms with Gasteiger partial charge in [-0.2, -0.15) is 0 Å². The maximum atomic E-state index is 12.3. The fourth-order valence-electron chi connectivity index (χ4n) is 2.59. The summed E-state index contributed by atoms with van der Waals surface area (Å²) in [4.78, 5) is 26.2. The van der Waals surface area contributed by atoms with Gasteiger partial charge in [0.05, 0.1) is 19.1 Å². The van der Waals surface area contributed by atoms with Gasteiger partial charge in [-0.15, -0.1) is 0 Å². The van der Waals surface area contributed by atoms with E-state index >= 15 is 0 Å². The lowest BCUT2D eigenvalue weighted by Crippen LogP contribution is -2.40. The second-order valence-corrected chi connectivity index (χ2v) is 5.51. The topological polar surface area (TPSA) is 70.7 Å². The summed E-state index contributed by atoms with van der Waals surface area (Å²) >= 11 is 0. The lowest BCUT2D eigenvalue weighted by molar-refractivity contribution is -0.119. The van der Waals surface area contributed by atoms with E-state index in [9.17, 15) is 9.59 Å². The molecule has 2 N–H and O–H groups in total. The van der Waals surface area contributed by atoms with Crippen LogP contribution in [0.1, 0.15) is 30.6 Å². The average Bonchev–Trinajstić information content (AvgIpc) is 2.57. The quantitative estimate of drug-likeness (QED) is 0.833. The van der Waals surface area contributed by atoms with E-state index in [4.69, 9.17) is 4.74 Å². The molecule has 0 aromatic heterocycles. The summed E-state index contributed by atoms with van der Waals surface area (Å²) in [6.07, 6.45) is 0.213. The molecule has 23 heavy (non-hydrogen) atoms. The van der Waals surface area contributed by atoms with E-state index in [0.717, 1.165) is 6.54 Å². The van der Waals surface area contributed by atoms with E-state index in [1.807, 2.05) is 13.8 Å². The third-order valence-electron chi connectivity index (χ3n) is 3.86. The highest BCUT2D eigenvalue weighted by molar-refractivity contribution is 5.97. The molecule has 6 heteroatoms. The number of anilines is 1. The predicted molar refractivity (Wildman–Crippen MR) is 89.5 cm³/mol. The number of nitrogens with zero attached hydrogens (tertiary/aromatic N) is 1. The number of carbonyl (C=O) groups excluding carboxylic acids is 2. The molecule has 0 saturated carbocycles. The Morgan fingerprint density at radius 3 is 2.78 bits per heavy atom. The van der Waals surface area contributed by atoms with Crippen LogP contribution >= 0.6 is 0 Å². The van der Waals surface area contributed by atoms with Gasteiger partial charge in [0.15, 0.2) is 0 Å². The zero-order valence-corrected chi connectivity index (χ0v) is 13.8. The molecule has 6 nitrogen and oxygen atoms in total. The minimum absolute atomic E-state index is 0.0223. The summed E-state index contributed by atoms with van der Waals surface area (Å²) in [5.41, 5.74) is 1.22. The van der Waals surface area contributed by atoms with Gasteiger partial charge in [-0.3, -0.25) is 9.59 Å². The van der Waals surface area contributed by atoms with Crippen LogP contribution in [0.15, 0.2) is 24.3 Å². The number of rotatable bonds is 6. The number of ether oxygens (including phenoxy) is 1. The van der Waals surface area contributed by atoms with E-state index in [1.54, 1.807) is 29.2 Å². The molecule has 1 saturated heterocycles. The molecule has 0 spiro atoms. The van der Waals surface area contributed by atoms with E-state index in [2.05, 4.69) is 10.6 Å². The lowest BCUT2D eigenvalue weighted by atomic mass is 10.1. The van der Waals surface area contributed by atoms with Crippen LogP contribution in [0.3, 0.4) is 0 Å². The summed E-state index contributed by atoms with van der Waals surface area (Å²) in [6, 6.07) is 7.06. The normalized spacial score (nSPS) is 17.6. The third kappa shape index (κ3) is 5.04. The fraction of sp³-hybridized carbons (Fsp3) is 0.529. The second-order valence-electron chi connectivity index (χ2n) is 5.51. The van der Waals surface area contributed by atoms with Crippen LogP contribution in [0.2, 0.25) is 0 Å². The van der Waals surface area contributed by atoms with Crippen LogP contribution in [0.4, 0.5) is 5.69 Å². The molecule has 1 aliphatic rings. The number of benzene rings is 1. The van der Waals surface area contributed by atoms with Crippen molar-refractivity contribution < 1.29 is 14.3 Å². The molecule has 2 amide bonds. The molecule has 1 aromatic rings. The first-order chi connectivity index (χ1) is 11.1. The van der Waals surface area contributed by atoms with Gasteiger partial charge in [-0.1, -0.05) is 6.07 Å². The lowest BCUT2D eigenvalue weighted by Gasteiger charge is -2.23. The first kappa shape index (κ1) is 17.4. The van der Waals surface area contributed by atoms with E-state index in [1.165, 1.54) is 0 Å². The molecule has 2 rings (SSSR count). The van der Waals surface area contributed by atoms with Crippen LogP contribution in [0.5, 0.6) is 0 Å². The van der Waals surface area contributed by atoms with Crippen molar-refractivity contribution in [3.05, 3.63) is 29.8 Å². The molecule has 1 aromatic carbocycles. The van der Waals surface area contributed by atoms with Gasteiger partial charge in [0.2, 0.25) is 5.91 Å². The van der Waals surface area contributed by atoms with Crippen LogP contribution in [-0.4, -0.2) is 55.6 Å². The van der Waals surface area contributed by atoms with Crippen molar-refractivity contribution in [2.75, 3.05) is 38.1 Å². The standard InChI is InChI=1S/C17H25N3O3/c1-3-20(4-2)17(22)13-6-5-7-14(10-13)19-16(21)11-15-12-18-8-9-23-15/h5-7,10,15,18H,3-4,8-9,11-12H2,1-2H3,(H,19,21). The van der Waals surface area contributed by atoms with Crippen molar-refractivity contribution in [3.8, 4) is 0 Å². The highest BCUT2D eigenvalue weighted by Gasteiger charge is 2.18. The Balaban J connectivity index is 1.96. The number of hydrogen-bond acceptors (Lipinski definition) is 4. The monoisotopic (exact) mass is 319 g/mol. The predicted octanol–water partition coefficient (Wildman–Crippen LogP) is 1.49. The van der Waals surface area contributed by atoms with Crippen LogP contribution in [0, 0.1) is 0 Å². The Labute approximate surface area is 137 Å². The van der Waals surface area contributed by atoms with E-state index in [0.29, 0.717) is 43.9 Å². The van der Waals surface area contributed by atoms with Crippen molar-refractivity contribution in [2.24, 2.45) is 0 Å². The Bertz CT molecular complexity index is 538. The van der Waals surface area contributed by atoms with E-state index < -0.39 is 0 Å². The van der Waals surface area contributed by atoms with Gasteiger partial charge >= 0.3 is 0 Å². The summed E-state index contributed by atoms with van der Waals surface area (Å²) in [6.45, 7) is 7.37. The molecular weight excluding hydrogens is 294 g/mol. The van der Waals surface area contributed by atoms with Gasteiger partial charge in [0, 0.05) is 37.4 Å². The average molecular weight is 319 g/mol. The molecule has 1 unspecified atom stereocenters. The fourth-order valence-corrected chi connectivity index (χ4v) is 2.59. The largest absolute Gasteiger partial charge is 0.375 e. The maximum absolute atomic E-state index is 12.3. The molecule has 126 valence electrons. The highest BCUT2D eigenvalue weighted by Crippen LogP contribution is 2.14. The molecular formula is C17H25N3O3. The van der Waals surface area contributed by atoms with Gasteiger partial charge in [-0.05, 0) is 32.0 Å². The number of hydrogen-bond donors (Lipinski definition) is 2. The van der Waals surface area contributed by atoms with Crippen molar-refractivity contribution >= 4 is 17.5 Å². The first-order valence-corrected chi connectivity index (χ1v) is 8.15. The number of morpholine rings is 1. The van der Waals surface area contributed by atoms with Crippen LogP contribution < -0.4 is 10.6 Å². The van der Waals surface area contributed by atoms with Crippen LogP contribution in [-0.2, 0) is 9.53 Å². The van der Waals surface area contributed by atoms with Gasteiger partial charge < -0.3 is 20.3 Å². The Kier molecular flexibility index (Phi) is 6.55. The van der Waals surface area contributed by atoms with Crippen LogP contribution in [0.25, 0.3) is 0 Å². The zero-order chi connectivity index (χ0) is 16.7. The summed E-state index contributed by atoms with van der Waals surface area (Å²) < 4.78 is 5.52. The summed E-state index contributed by atoms with van der Waals surface area (Å²) in [5.74, 6) is -0.128. The molecule has 0 radical (unpaired) electrons. The molecule has 1 aliphatic heterocycles. The van der Waals surface area contributed by atoms with E-state index in [-0.39, 0.29) is 17.9 Å². The first-order valence-electron chi connectivity index (χ1n) is 8.15. The maximum Gasteiger partial charge on any atom is 0.253 e. The highest BCUT2D eigenvalue weighted by atomic mass is 16.5. The minimum Gasteiger partial charge on any atom is -0.375 e. The van der Waals surface area contributed by atoms with Crippen molar-refractivity contribution in [1.29, 1.82) is 0 Å². The molecule has 0 bridgehead atoms. The Hall–Kier alpha value is -1.92. The van der Waals surface area contributed by atoms with Crippen molar-refractivity contribution in [3.63, 3.8) is 0 Å². The number of carbonyl (C=O) groups is 2.